The number of nitrogens with zero attached hydrogens (tertiary/aromatic N) is 3. The van der Waals surface area contributed by atoms with Gasteiger partial charge in [0.05, 0.1) is 21.8 Å². The van der Waals surface area contributed by atoms with Gasteiger partial charge in [-0.05, 0) is 55.5 Å². The number of benzene rings is 2. The van der Waals surface area contributed by atoms with Gasteiger partial charge in [-0.3, -0.25) is 4.79 Å². The number of halogens is 1. The van der Waals surface area contributed by atoms with Gasteiger partial charge in [-0.1, -0.05) is 29.8 Å². The second-order valence-electron chi connectivity index (χ2n) is 6.65. The van der Waals surface area contributed by atoms with E-state index in [-0.39, 0.29) is 5.91 Å². The Bertz CT molecular complexity index is 1370. The van der Waals surface area contributed by atoms with E-state index < -0.39 is 0 Å². The highest BCUT2D eigenvalue weighted by Crippen LogP contribution is 2.31. The molecular formula is C22H15ClN4OS. The number of aryl methyl sites for hydroxylation is 1. The Kier molecular flexibility index (Phi) is 4.30. The summed E-state index contributed by atoms with van der Waals surface area (Å²) >= 11 is 7.40. The van der Waals surface area contributed by atoms with Crippen molar-refractivity contribution in [3.63, 3.8) is 0 Å². The SMILES string of the molecule is Cc1nn(-c2ccc(Cl)cc2)c2sc(C(=O)Nc3ccc4ccccc4n3)cc12. The third-order valence-electron chi connectivity index (χ3n) is 4.68. The monoisotopic (exact) mass is 418 g/mol. The first kappa shape index (κ1) is 17.8. The van der Waals surface area contributed by atoms with E-state index in [4.69, 9.17) is 11.6 Å². The molecule has 3 heterocycles. The zero-order valence-electron chi connectivity index (χ0n) is 15.4. The van der Waals surface area contributed by atoms with Crippen molar-refractivity contribution in [3.05, 3.63) is 82.3 Å². The van der Waals surface area contributed by atoms with Crippen molar-refractivity contribution in [1.82, 2.24) is 14.8 Å². The van der Waals surface area contributed by atoms with E-state index in [9.17, 15) is 4.79 Å². The van der Waals surface area contributed by atoms with Crippen LogP contribution >= 0.6 is 22.9 Å². The van der Waals surface area contributed by atoms with Crippen molar-refractivity contribution in [2.24, 2.45) is 0 Å². The molecule has 0 aliphatic carbocycles. The van der Waals surface area contributed by atoms with Crippen molar-refractivity contribution in [2.45, 2.75) is 6.92 Å². The van der Waals surface area contributed by atoms with E-state index in [1.807, 2.05) is 78.3 Å². The molecule has 0 radical (unpaired) electrons. The molecule has 0 unspecified atom stereocenters. The summed E-state index contributed by atoms with van der Waals surface area (Å²) in [6.45, 7) is 1.94. The van der Waals surface area contributed by atoms with Crippen molar-refractivity contribution in [1.29, 1.82) is 0 Å². The number of amides is 1. The molecule has 0 saturated heterocycles. The molecule has 1 amide bonds. The van der Waals surface area contributed by atoms with Gasteiger partial charge in [0.2, 0.25) is 0 Å². The molecule has 0 atom stereocenters. The van der Waals surface area contributed by atoms with Crippen LogP contribution in [0.4, 0.5) is 5.82 Å². The van der Waals surface area contributed by atoms with Gasteiger partial charge in [-0.15, -0.1) is 11.3 Å². The number of para-hydroxylation sites is 1. The number of aromatic nitrogens is 3. The van der Waals surface area contributed by atoms with E-state index in [0.29, 0.717) is 15.7 Å². The van der Waals surface area contributed by atoms with Crippen LogP contribution in [0.5, 0.6) is 0 Å². The number of hydrogen-bond acceptors (Lipinski definition) is 4. The highest BCUT2D eigenvalue weighted by molar-refractivity contribution is 7.20. The lowest BCUT2D eigenvalue weighted by Crippen LogP contribution is -2.11. The molecule has 1 N–H and O–H groups in total. The lowest BCUT2D eigenvalue weighted by atomic mass is 10.2. The predicted octanol–water partition coefficient (Wildman–Crippen LogP) is 5.85. The minimum Gasteiger partial charge on any atom is -0.306 e. The van der Waals surface area contributed by atoms with Crippen LogP contribution < -0.4 is 5.32 Å². The summed E-state index contributed by atoms with van der Waals surface area (Å²) in [5.41, 5.74) is 2.61. The van der Waals surface area contributed by atoms with E-state index in [1.54, 1.807) is 0 Å². The van der Waals surface area contributed by atoms with Crippen LogP contribution in [0.2, 0.25) is 5.02 Å². The Morgan fingerprint density at radius 1 is 1.07 bits per heavy atom. The third-order valence-corrected chi connectivity index (χ3v) is 6.04. The lowest BCUT2D eigenvalue weighted by Gasteiger charge is -2.04. The van der Waals surface area contributed by atoms with Crippen LogP contribution in [0.15, 0.2) is 66.7 Å². The zero-order valence-corrected chi connectivity index (χ0v) is 17.0. The summed E-state index contributed by atoms with van der Waals surface area (Å²) in [5.74, 6) is 0.346. The van der Waals surface area contributed by atoms with E-state index in [0.717, 1.165) is 32.5 Å². The number of carbonyl (C=O) groups is 1. The van der Waals surface area contributed by atoms with Gasteiger partial charge in [-0.25, -0.2) is 9.67 Å². The van der Waals surface area contributed by atoms with E-state index in [1.165, 1.54) is 11.3 Å². The molecule has 5 rings (SSSR count). The fourth-order valence-corrected chi connectivity index (χ4v) is 4.43. The number of rotatable bonds is 3. The largest absolute Gasteiger partial charge is 0.306 e. The van der Waals surface area contributed by atoms with Crippen molar-refractivity contribution in [2.75, 3.05) is 5.32 Å². The van der Waals surface area contributed by atoms with Crippen molar-refractivity contribution < 1.29 is 4.79 Å². The van der Waals surface area contributed by atoms with Crippen LogP contribution in [0.25, 0.3) is 26.8 Å². The number of anilines is 1. The number of nitrogens with one attached hydrogen (secondary N) is 1. The Morgan fingerprint density at radius 2 is 1.86 bits per heavy atom. The van der Waals surface area contributed by atoms with Crippen LogP contribution in [0.3, 0.4) is 0 Å². The van der Waals surface area contributed by atoms with Gasteiger partial charge in [0.25, 0.3) is 5.91 Å². The first-order valence-corrected chi connectivity index (χ1v) is 10.2. The van der Waals surface area contributed by atoms with Gasteiger partial charge in [0, 0.05) is 15.8 Å². The van der Waals surface area contributed by atoms with Crippen LogP contribution in [-0.4, -0.2) is 20.7 Å². The molecule has 0 aliphatic heterocycles. The minimum atomic E-state index is -0.184. The smallest absolute Gasteiger partial charge is 0.266 e. The maximum atomic E-state index is 12.8. The van der Waals surface area contributed by atoms with Crippen LogP contribution in [0.1, 0.15) is 15.4 Å². The number of hydrogen-bond donors (Lipinski definition) is 1. The molecule has 0 saturated carbocycles. The summed E-state index contributed by atoms with van der Waals surface area (Å²) in [4.78, 5) is 18.9. The molecule has 2 aromatic carbocycles. The second-order valence-corrected chi connectivity index (χ2v) is 8.11. The van der Waals surface area contributed by atoms with E-state index in [2.05, 4.69) is 15.4 Å². The second kappa shape index (κ2) is 6.99. The summed E-state index contributed by atoms with van der Waals surface area (Å²) in [6.07, 6.45) is 0. The average molecular weight is 419 g/mol. The highest BCUT2D eigenvalue weighted by Gasteiger charge is 2.17. The van der Waals surface area contributed by atoms with Gasteiger partial charge >= 0.3 is 0 Å². The molecule has 142 valence electrons. The highest BCUT2D eigenvalue weighted by atomic mass is 35.5. The zero-order chi connectivity index (χ0) is 20.0. The Labute approximate surface area is 175 Å². The number of fused-ring (bicyclic) bond motifs is 2. The van der Waals surface area contributed by atoms with Gasteiger partial charge in [0.15, 0.2) is 0 Å². The third kappa shape index (κ3) is 3.26. The maximum absolute atomic E-state index is 12.8. The molecule has 0 spiro atoms. The minimum absolute atomic E-state index is 0.184. The van der Waals surface area contributed by atoms with Crippen molar-refractivity contribution in [3.8, 4) is 5.69 Å². The first-order chi connectivity index (χ1) is 14.1. The molecule has 3 aromatic heterocycles. The van der Waals surface area contributed by atoms with Gasteiger partial charge in [0.1, 0.15) is 10.6 Å². The number of pyridine rings is 1. The topological polar surface area (TPSA) is 59.8 Å². The molecule has 5 aromatic rings. The van der Waals surface area contributed by atoms with Crippen LogP contribution in [0, 0.1) is 6.92 Å². The Hall–Kier alpha value is -3.22. The Morgan fingerprint density at radius 3 is 2.69 bits per heavy atom. The first-order valence-electron chi connectivity index (χ1n) is 9.01. The molecule has 7 heteroatoms. The summed E-state index contributed by atoms with van der Waals surface area (Å²) < 4.78 is 1.84. The standard InChI is InChI=1S/C22H15ClN4OS/c1-13-17-12-19(29-22(17)27(26-13)16-9-7-15(23)8-10-16)21(28)25-20-11-6-14-4-2-3-5-18(14)24-20/h2-12H,1H3,(H,24,25,28). The molecule has 0 aliphatic rings. The average Bonchev–Trinajstić information content (AvgIpc) is 3.29. The summed E-state index contributed by atoms with van der Waals surface area (Å²) in [6, 6.07) is 20.9. The molecule has 0 fully saturated rings. The molecule has 29 heavy (non-hydrogen) atoms. The molecule has 0 bridgehead atoms. The normalized spacial score (nSPS) is 11.2. The fourth-order valence-electron chi connectivity index (χ4n) is 3.23. The lowest BCUT2D eigenvalue weighted by molar-refractivity contribution is 0.103. The molecular weight excluding hydrogens is 404 g/mol. The molecule has 5 nitrogen and oxygen atoms in total. The maximum Gasteiger partial charge on any atom is 0.266 e. The van der Waals surface area contributed by atoms with Crippen LogP contribution in [-0.2, 0) is 0 Å². The van der Waals surface area contributed by atoms with Crippen molar-refractivity contribution >= 4 is 55.8 Å². The number of carbonyl (C=O) groups excluding carboxylic acids is 1. The Balaban J connectivity index is 1.48. The van der Waals surface area contributed by atoms with Gasteiger partial charge < -0.3 is 5.32 Å². The summed E-state index contributed by atoms with van der Waals surface area (Å²) in [7, 11) is 0. The number of thiophene rings is 1. The van der Waals surface area contributed by atoms with E-state index >= 15 is 0 Å². The van der Waals surface area contributed by atoms with Gasteiger partial charge in [-0.2, -0.15) is 5.10 Å². The summed E-state index contributed by atoms with van der Waals surface area (Å²) in [5, 5.41) is 10.2. The fraction of sp³-hybridized carbons (Fsp3) is 0.0455. The quantitative estimate of drug-likeness (QED) is 0.400. The predicted molar refractivity (Wildman–Crippen MR) is 118 cm³/mol.